The summed E-state index contributed by atoms with van der Waals surface area (Å²) in [7, 11) is 1.62. The fraction of sp³-hybridized carbons (Fsp3) is 0.300. The first-order valence-electron chi connectivity index (χ1n) is 8.51. The molecule has 0 aromatic heterocycles. The van der Waals surface area contributed by atoms with E-state index >= 15 is 0 Å². The Morgan fingerprint density at radius 1 is 0.885 bits per heavy atom. The van der Waals surface area contributed by atoms with Gasteiger partial charge in [-0.2, -0.15) is 0 Å². The van der Waals surface area contributed by atoms with Gasteiger partial charge in [0.25, 0.3) is 0 Å². The van der Waals surface area contributed by atoms with Gasteiger partial charge in [-0.05, 0) is 36.2 Å². The highest BCUT2D eigenvalue weighted by Crippen LogP contribution is 2.11. The number of rotatable bonds is 10. The highest BCUT2D eigenvalue weighted by Gasteiger charge is 2.06. The lowest BCUT2D eigenvalue weighted by molar-refractivity contribution is -0.126. The lowest BCUT2D eigenvalue weighted by Gasteiger charge is -2.08. The molecule has 2 aromatic rings. The van der Waals surface area contributed by atoms with Gasteiger partial charge in [0.1, 0.15) is 11.5 Å². The highest BCUT2D eigenvalue weighted by atomic mass is 16.5. The Morgan fingerprint density at radius 3 is 2.31 bits per heavy atom. The van der Waals surface area contributed by atoms with E-state index in [4.69, 9.17) is 9.47 Å². The number of nitrogens with one attached hydrogen (secondary N) is 2. The van der Waals surface area contributed by atoms with Crippen molar-refractivity contribution in [2.24, 2.45) is 0 Å². The van der Waals surface area contributed by atoms with E-state index in [0.29, 0.717) is 13.0 Å². The summed E-state index contributed by atoms with van der Waals surface area (Å²) in [5.41, 5.74) is 1.10. The Balaban J connectivity index is 1.55. The number of ether oxygens (including phenoxy) is 2. The molecule has 0 aliphatic rings. The van der Waals surface area contributed by atoms with Crippen molar-refractivity contribution in [3.8, 4) is 11.5 Å². The Kier molecular flexibility index (Phi) is 7.99. The number of hydrogen-bond acceptors (Lipinski definition) is 4. The maximum atomic E-state index is 11.8. The molecule has 0 radical (unpaired) electrons. The average Bonchev–Trinajstić information content (AvgIpc) is 2.68. The fourth-order valence-corrected chi connectivity index (χ4v) is 2.25. The van der Waals surface area contributed by atoms with Crippen LogP contribution in [0.2, 0.25) is 0 Å². The second kappa shape index (κ2) is 10.8. The van der Waals surface area contributed by atoms with Crippen LogP contribution in [0.5, 0.6) is 11.5 Å². The SMILES string of the molecule is COc1ccc(CCNC(=O)CNC(=O)CCOc2ccccc2)cc1. The molecular formula is C20H24N2O4. The van der Waals surface area contributed by atoms with Crippen molar-refractivity contribution in [1.82, 2.24) is 10.6 Å². The first-order valence-corrected chi connectivity index (χ1v) is 8.51. The van der Waals surface area contributed by atoms with Crippen molar-refractivity contribution in [3.05, 3.63) is 60.2 Å². The number of carbonyl (C=O) groups excluding carboxylic acids is 2. The summed E-state index contributed by atoms with van der Waals surface area (Å²) in [6, 6.07) is 17.0. The summed E-state index contributed by atoms with van der Waals surface area (Å²) in [5, 5.41) is 5.37. The Labute approximate surface area is 153 Å². The normalized spacial score (nSPS) is 10.0. The van der Waals surface area contributed by atoms with Crippen LogP contribution in [-0.2, 0) is 16.0 Å². The van der Waals surface area contributed by atoms with Crippen molar-refractivity contribution < 1.29 is 19.1 Å². The van der Waals surface area contributed by atoms with E-state index < -0.39 is 0 Å². The van der Waals surface area contributed by atoms with E-state index in [1.54, 1.807) is 7.11 Å². The molecule has 0 saturated carbocycles. The first-order chi connectivity index (χ1) is 12.7. The molecule has 26 heavy (non-hydrogen) atoms. The van der Waals surface area contributed by atoms with Gasteiger partial charge >= 0.3 is 0 Å². The smallest absolute Gasteiger partial charge is 0.239 e. The maximum Gasteiger partial charge on any atom is 0.239 e. The monoisotopic (exact) mass is 356 g/mol. The number of amides is 2. The number of methoxy groups -OCH3 is 1. The van der Waals surface area contributed by atoms with Crippen molar-refractivity contribution in [2.45, 2.75) is 12.8 Å². The van der Waals surface area contributed by atoms with Crippen LogP contribution in [0.4, 0.5) is 0 Å². The predicted octanol–water partition coefficient (Wildman–Crippen LogP) is 1.94. The highest BCUT2D eigenvalue weighted by molar-refractivity contribution is 5.84. The van der Waals surface area contributed by atoms with Gasteiger partial charge in [0.05, 0.1) is 26.7 Å². The topological polar surface area (TPSA) is 76.7 Å². The second-order valence-corrected chi connectivity index (χ2v) is 5.64. The van der Waals surface area contributed by atoms with Crippen LogP contribution in [0.3, 0.4) is 0 Å². The first kappa shape index (κ1) is 19.3. The lowest BCUT2D eigenvalue weighted by atomic mass is 10.1. The van der Waals surface area contributed by atoms with Gasteiger partial charge in [0.15, 0.2) is 0 Å². The van der Waals surface area contributed by atoms with Crippen LogP contribution < -0.4 is 20.1 Å². The number of hydrogen-bond donors (Lipinski definition) is 2. The van der Waals surface area contributed by atoms with Crippen molar-refractivity contribution in [3.63, 3.8) is 0 Å². The molecule has 0 aliphatic carbocycles. The minimum Gasteiger partial charge on any atom is -0.497 e. The average molecular weight is 356 g/mol. The molecule has 2 N–H and O–H groups in total. The zero-order chi connectivity index (χ0) is 18.6. The molecule has 2 rings (SSSR count). The quantitative estimate of drug-likeness (QED) is 0.682. The van der Waals surface area contributed by atoms with Crippen LogP contribution >= 0.6 is 0 Å². The number of para-hydroxylation sites is 1. The predicted molar refractivity (Wildman–Crippen MR) is 99.3 cm³/mol. The summed E-state index contributed by atoms with van der Waals surface area (Å²) in [6.45, 7) is 0.750. The van der Waals surface area contributed by atoms with Crippen LogP contribution in [-0.4, -0.2) is 38.6 Å². The van der Waals surface area contributed by atoms with Gasteiger partial charge in [0, 0.05) is 6.54 Å². The molecule has 0 unspecified atom stereocenters. The zero-order valence-electron chi connectivity index (χ0n) is 14.9. The molecule has 6 heteroatoms. The minimum atomic E-state index is -0.216. The molecule has 0 spiro atoms. The van der Waals surface area contributed by atoms with Crippen LogP contribution in [0.25, 0.3) is 0 Å². The summed E-state index contributed by atoms with van der Waals surface area (Å²) in [5.74, 6) is 1.09. The Bertz CT molecular complexity index is 687. The molecule has 2 aromatic carbocycles. The molecule has 0 saturated heterocycles. The Morgan fingerprint density at radius 2 is 1.62 bits per heavy atom. The summed E-state index contributed by atoms with van der Waals surface area (Å²) >= 11 is 0. The van der Waals surface area contributed by atoms with Crippen molar-refractivity contribution >= 4 is 11.8 Å². The van der Waals surface area contributed by atoms with Crippen LogP contribution in [0, 0.1) is 0 Å². The van der Waals surface area contributed by atoms with Gasteiger partial charge in [-0.3, -0.25) is 9.59 Å². The summed E-state index contributed by atoms with van der Waals surface area (Å²) < 4.78 is 10.5. The molecule has 0 aliphatic heterocycles. The third-order valence-corrected chi connectivity index (χ3v) is 3.68. The second-order valence-electron chi connectivity index (χ2n) is 5.64. The number of benzene rings is 2. The third-order valence-electron chi connectivity index (χ3n) is 3.68. The number of carbonyl (C=O) groups is 2. The molecular weight excluding hydrogens is 332 g/mol. The van der Waals surface area contributed by atoms with E-state index in [-0.39, 0.29) is 31.4 Å². The molecule has 0 fully saturated rings. The standard InChI is InChI=1S/C20H24N2O4/c1-25-17-9-7-16(8-10-17)11-13-21-20(24)15-22-19(23)12-14-26-18-5-3-2-4-6-18/h2-10H,11-15H2,1H3,(H,21,24)(H,22,23). The molecule has 2 amide bonds. The Hall–Kier alpha value is -3.02. The third kappa shape index (κ3) is 7.25. The van der Waals surface area contributed by atoms with Gasteiger partial charge in [-0.15, -0.1) is 0 Å². The van der Waals surface area contributed by atoms with E-state index in [2.05, 4.69) is 10.6 Å². The fourth-order valence-electron chi connectivity index (χ4n) is 2.25. The zero-order valence-corrected chi connectivity index (χ0v) is 14.9. The molecule has 0 heterocycles. The maximum absolute atomic E-state index is 11.8. The van der Waals surface area contributed by atoms with E-state index in [1.165, 1.54) is 0 Å². The lowest BCUT2D eigenvalue weighted by Crippen LogP contribution is -2.38. The van der Waals surface area contributed by atoms with Crippen LogP contribution in [0.1, 0.15) is 12.0 Å². The largest absolute Gasteiger partial charge is 0.497 e. The van der Waals surface area contributed by atoms with Crippen molar-refractivity contribution in [1.29, 1.82) is 0 Å². The van der Waals surface area contributed by atoms with Gasteiger partial charge in [0.2, 0.25) is 11.8 Å². The summed E-state index contributed by atoms with van der Waals surface area (Å²) in [6.07, 6.45) is 0.919. The molecule has 0 bridgehead atoms. The van der Waals surface area contributed by atoms with E-state index in [1.807, 2.05) is 54.6 Å². The van der Waals surface area contributed by atoms with Gasteiger partial charge in [-0.25, -0.2) is 0 Å². The summed E-state index contributed by atoms with van der Waals surface area (Å²) in [4.78, 5) is 23.5. The molecule has 0 atom stereocenters. The molecule has 138 valence electrons. The molecule has 6 nitrogen and oxygen atoms in total. The van der Waals surface area contributed by atoms with Gasteiger partial charge in [-0.1, -0.05) is 30.3 Å². The minimum absolute atomic E-state index is 0.0349. The van der Waals surface area contributed by atoms with E-state index in [9.17, 15) is 9.59 Å². The van der Waals surface area contributed by atoms with Gasteiger partial charge < -0.3 is 20.1 Å². The van der Waals surface area contributed by atoms with E-state index in [0.717, 1.165) is 17.1 Å². The van der Waals surface area contributed by atoms with Crippen LogP contribution in [0.15, 0.2) is 54.6 Å². The van der Waals surface area contributed by atoms with Crippen molar-refractivity contribution in [2.75, 3.05) is 26.8 Å².